The molecular formula is C23H26N6O3. The van der Waals surface area contributed by atoms with Gasteiger partial charge in [0, 0.05) is 24.7 Å². The fraction of sp³-hybridized carbons (Fsp3) is 0.522. The third-order valence-electron chi connectivity index (χ3n) is 7.72. The van der Waals surface area contributed by atoms with Crippen molar-refractivity contribution < 1.29 is 14.3 Å². The summed E-state index contributed by atoms with van der Waals surface area (Å²) < 4.78 is 6.95. The normalized spacial score (nSPS) is 26.8. The highest BCUT2D eigenvalue weighted by Gasteiger charge is 2.50. The summed E-state index contributed by atoms with van der Waals surface area (Å²) in [5.41, 5.74) is 4.67. The number of benzene rings is 1. The summed E-state index contributed by atoms with van der Waals surface area (Å²) in [6.45, 7) is 4.21. The number of cyclic esters (lactones) is 1. The molecule has 1 amide bonds. The molecule has 0 atom stereocenters. The number of nitrogens with one attached hydrogen (secondary N) is 1. The van der Waals surface area contributed by atoms with Gasteiger partial charge in [0.25, 0.3) is 0 Å². The molecule has 166 valence electrons. The molecule has 4 heterocycles. The van der Waals surface area contributed by atoms with Crippen molar-refractivity contribution in [2.75, 3.05) is 13.2 Å². The number of carbonyl (C=O) groups excluding carboxylic acids is 2. The lowest BCUT2D eigenvalue weighted by Crippen LogP contribution is -2.42. The highest BCUT2D eigenvalue weighted by molar-refractivity contribution is 5.94. The lowest BCUT2D eigenvalue weighted by Gasteiger charge is -2.36. The van der Waals surface area contributed by atoms with E-state index in [2.05, 4.69) is 39.0 Å². The Morgan fingerprint density at radius 3 is 2.84 bits per heavy atom. The predicted molar refractivity (Wildman–Crippen MR) is 114 cm³/mol. The molecule has 4 aliphatic rings. The SMILES string of the molecule is CC1=C(N2CC[C@]3(CC[C@@H](NCc4ccc5c(c4)Cn4nnnc4-5)CC3)C2=O)COC1=O. The zero-order valence-corrected chi connectivity index (χ0v) is 18.1. The molecule has 1 spiro atoms. The monoisotopic (exact) mass is 434 g/mol. The second-order valence-corrected chi connectivity index (χ2v) is 9.44. The maximum Gasteiger partial charge on any atom is 0.336 e. The molecular weight excluding hydrogens is 408 g/mol. The van der Waals surface area contributed by atoms with Gasteiger partial charge in [-0.25, -0.2) is 9.48 Å². The average molecular weight is 435 g/mol. The number of tetrazole rings is 1. The number of fused-ring (bicyclic) bond motifs is 3. The summed E-state index contributed by atoms with van der Waals surface area (Å²) in [6, 6.07) is 6.88. The van der Waals surface area contributed by atoms with Gasteiger partial charge < -0.3 is 15.0 Å². The van der Waals surface area contributed by atoms with Crippen LogP contribution in [0.5, 0.6) is 0 Å². The quantitative estimate of drug-likeness (QED) is 0.625. The number of hydrogen-bond donors (Lipinski definition) is 1. The minimum Gasteiger partial charge on any atom is -0.456 e. The van der Waals surface area contributed by atoms with E-state index in [9.17, 15) is 9.59 Å². The van der Waals surface area contributed by atoms with Gasteiger partial charge in [-0.2, -0.15) is 0 Å². The van der Waals surface area contributed by atoms with Crippen LogP contribution in [0.4, 0.5) is 0 Å². The van der Waals surface area contributed by atoms with Crippen LogP contribution in [0.3, 0.4) is 0 Å². The van der Waals surface area contributed by atoms with E-state index < -0.39 is 0 Å². The van der Waals surface area contributed by atoms with Crippen LogP contribution in [0.15, 0.2) is 29.5 Å². The number of amides is 1. The molecule has 2 aromatic rings. The van der Waals surface area contributed by atoms with Gasteiger partial charge in [0.2, 0.25) is 5.91 Å². The van der Waals surface area contributed by atoms with Gasteiger partial charge in [-0.1, -0.05) is 18.2 Å². The Kier molecular flexibility index (Phi) is 4.43. The Morgan fingerprint density at radius 2 is 2.06 bits per heavy atom. The number of ether oxygens (including phenoxy) is 1. The molecule has 1 N–H and O–H groups in total. The van der Waals surface area contributed by atoms with Crippen molar-refractivity contribution in [1.82, 2.24) is 30.4 Å². The minimum atomic E-state index is -0.300. The van der Waals surface area contributed by atoms with E-state index in [4.69, 9.17) is 4.74 Å². The van der Waals surface area contributed by atoms with Crippen molar-refractivity contribution in [3.05, 3.63) is 40.6 Å². The lowest BCUT2D eigenvalue weighted by atomic mass is 9.71. The van der Waals surface area contributed by atoms with Crippen LogP contribution in [0.2, 0.25) is 0 Å². The molecule has 9 nitrogen and oxygen atoms in total. The van der Waals surface area contributed by atoms with Gasteiger partial charge in [0.15, 0.2) is 5.82 Å². The summed E-state index contributed by atoms with van der Waals surface area (Å²) >= 11 is 0. The third-order valence-corrected chi connectivity index (χ3v) is 7.72. The molecule has 0 radical (unpaired) electrons. The molecule has 1 saturated heterocycles. The molecule has 2 fully saturated rings. The predicted octanol–water partition coefficient (Wildman–Crippen LogP) is 1.78. The van der Waals surface area contributed by atoms with Crippen molar-refractivity contribution in [1.29, 1.82) is 0 Å². The van der Waals surface area contributed by atoms with Gasteiger partial charge in [-0.15, -0.1) is 5.10 Å². The fourth-order valence-corrected chi connectivity index (χ4v) is 5.70. The summed E-state index contributed by atoms with van der Waals surface area (Å²) in [7, 11) is 0. The maximum atomic E-state index is 13.3. The van der Waals surface area contributed by atoms with E-state index in [-0.39, 0.29) is 23.9 Å². The van der Waals surface area contributed by atoms with Crippen LogP contribution < -0.4 is 5.32 Å². The molecule has 1 aromatic carbocycles. The van der Waals surface area contributed by atoms with Crippen LogP contribution in [0.1, 0.15) is 50.2 Å². The highest BCUT2D eigenvalue weighted by Crippen LogP contribution is 2.46. The number of nitrogens with zero attached hydrogens (tertiary/aromatic N) is 5. The van der Waals surface area contributed by atoms with Gasteiger partial charge in [-0.05, 0) is 60.6 Å². The topological polar surface area (TPSA) is 102 Å². The number of likely N-dealkylation sites (tertiary alicyclic amines) is 1. The van der Waals surface area contributed by atoms with E-state index in [1.807, 2.05) is 9.58 Å². The number of aromatic nitrogens is 4. The first-order valence-corrected chi connectivity index (χ1v) is 11.3. The molecule has 1 aromatic heterocycles. The molecule has 0 bridgehead atoms. The largest absolute Gasteiger partial charge is 0.456 e. The number of esters is 1. The van der Waals surface area contributed by atoms with E-state index in [1.165, 1.54) is 11.1 Å². The first-order chi connectivity index (χ1) is 15.5. The van der Waals surface area contributed by atoms with E-state index in [0.717, 1.165) is 62.3 Å². The van der Waals surface area contributed by atoms with Crippen molar-refractivity contribution in [3.63, 3.8) is 0 Å². The highest BCUT2D eigenvalue weighted by atomic mass is 16.5. The van der Waals surface area contributed by atoms with Crippen LogP contribution in [-0.4, -0.2) is 56.2 Å². The Balaban J connectivity index is 1.06. The van der Waals surface area contributed by atoms with E-state index in [0.29, 0.717) is 18.2 Å². The van der Waals surface area contributed by atoms with Crippen molar-refractivity contribution in [2.45, 2.75) is 58.2 Å². The lowest BCUT2D eigenvalue weighted by molar-refractivity contribution is -0.138. The van der Waals surface area contributed by atoms with Crippen LogP contribution in [0.25, 0.3) is 11.4 Å². The summed E-state index contributed by atoms with van der Waals surface area (Å²) in [5.74, 6) is 0.723. The third kappa shape index (κ3) is 2.98. The van der Waals surface area contributed by atoms with Crippen LogP contribution in [0, 0.1) is 5.41 Å². The van der Waals surface area contributed by atoms with Gasteiger partial charge in [0.1, 0.15) is 6.61 Å². The van der Waals surface area contributed by atoms with E-state index in [1.54, 1.807) is 6.92 Å². The number of hydrogen-bond acceptors (Lipinski definition) is 7. The number of carbonyl (C=O) groups is 2. The summed E-state index contributed by atoms with van der Waals surface area (Å²) in [4.78, 5) is 26.8. The fourth-order valence-electron chi connectivity index (χ4n) is 5.70. The van der Waals surface area contributed by atoms with Crippen LogP contribution >= 0.6 is 0 Å². The smallest absolute Gasteiger partial charge is 0.336 e. The summed E-state index contributed by atoms with van der Waals surface area (Å²) in [5, 5.41) is 15.5. The van der Waals surface area contributed by atoms with Crippen LogP contribution in [-0.2, 0) is 27.4 Å². The molecule has 0 unspecified atom stereocenters. The van der Waals surface area contributed by atoms with Crippen molar-refractivity contribution in [3.8, 4) is 11.4 Å². The molecule has 1 saturated carbocycles. The molecule has 9 heteroatoms. The second-order valence-electron chi connectivity index (χ2n) is 9.44. The first-order valence-electron chi connectivity index (χ1n) is 11.3. The second kappa shape index (κ2) is 7.23. The van der Waals surface area contributed by atoms with E-state index >= 15 is 0 Å². The molecule has 3 aliphatic heterocycles. The Bertz CT molecular complexity index is 1140. The maximum absolute atomic E-state index is 13.3. The van der Waals surface area contributed by atoms with Gasteiger partial charge >= 0.3 is 5.97 Å². The number of rotatable bonds is 4. The van der Waals surface area contributed by atoms with Gasteiger partial charge in [-0.3, -0.25) is 4.79 Å². The Morgan fingerprint density at radius 1 is 1.22 bits per heavy atom. The standard InChI is InChI=1S/C23H26N6O3/c1-14-19(13-32-21(14)30)28-9-8-23(22(28)31)6-4-17(5-7-23)24-11-15-2-3-18-16(10-15)12-29-20(18)25-26-27-29/h2-3,10,17,24H,4-9,11-13H2,1H3/t17-,23-. The van der Waals surface area contributed by atoms with Gasteiger partial charge in [0.05, 0.1) is 23.2 Å². The Labute approximate surface area is 185 Å². The van der Waals surface area contributed by atoms with Crippen molar-refractivity contribution >= 4 is 11.9 Å². The zero-order valence-electron chi connectivity index (χ0n) is 18.1. The average Bonchev–Trinajstić information content (AvgIpc) is 3.54. The summed E-state index contributed by atoms with van der Waals surface area (Å²) in [6.07, 6.45) is 4.63. The molecule has 32 heavy (non-hydrogen) atoms. The molecule has 6 rings (SSSR count). The Hall–Kier alpha value is -3.07. The zero-order chi connectivity index (χ0) is 21.9. The molecule has 1 aliphatic carbocycles. The first kappa shape index (κ1) is 19.6. The van der Waals surface area contributed by atoms with Crippen molar-refractivity contribution in [2.24, 2.45) is 5.41 Å². The minimum absolute atomic E-state index is 0.183.